The van der Waals surface area contributed by atoms with Crippen LogP contribution < -0.4 is 5.56 Å². The molecule has 1 aromatic carbocycles. The van der Waals surface area contributed by atoms with Gasteiger partial charge in [-0.15, -0.1) is 0 Å². The van der Waals surface area contributed by atoms with Crippen LogP contribution >= 0.6 is 0 Å². The molecular formula is C11H6F2N4O. The molecule has 5 nitrogen and oxygen atoms in total. The Balaban J connectivity index is 2.40. The first kappa shape index (κ1) is 10.6. The monoisotopic (exact) mass is 248 g/mol. The van der Waals surface area contributed by atoms with Crippen molar-refractivity contribution >= 4 is 11.0 Å². The minimum atomic E-state index is -0.776. The molecule has 0 saturated carbocycles. The highest BCUT2D eigenvalue weighted by Gasteiger charge is 2.16. The van der Waals surface area contributed by atoms with Crippen molar-refractivity contribution in [2.75, 3.05) is 0 Å². The number of aromatic nitrogens is 4. The summed E-state index contributed by atoms with van der Waals surface area (Å²) in [6.45, 7) is 0. The minimum absolute atomic E-state index is 0.0998. The third-order valence-corrected chi connectivity index (χ3v) is 2.52. The van der Waals surface area contributed by atoms with Gasteiger partial charge in [-0.2, -0.15) is 5.10 Å². The number of benzene rings is 1. The highest BCUT2D eigenvalue weighted by atomic mass is 19.1. The smallest absolute Gasteiger partial charge is 0.261 e. The van der Waals surface area contributed by atoms with Crippen molar-refractivity contribution in [2.45, 2.75) is 0 Å². The van der Waals surface area contributed by atoms with Crippen molar-refractivity contribution in [3.63, 3.8) is 0 Å². The van der Waals surface area contributed by atoms with Crippen LogP contribution in [0.5, 0.6) is 0 Å². The van der Waals surface area contributed by atoms with Crippen LogP contribution in [-0.2, 0) is 0 Å². The molecule has 0 atom stereocenters. The summed E-state index contributed by atoms with van der Waals surface area (Å²) in [5, 5.41) is 3.97. The van der Waals surface area contributed by atoms with E-state index in [1.165, 1.54) is 12.3 Å². The molecule has 2 heterocycles. The quantitative estimate of drug-likeness (QED) is 0.707. The number of aromatic amines is 1. The zero-order valence-electron chi connectivity index (χ0n) is 8.89. The van der Waals surface area contributed by atoms with E-state index >= 15 is 0 Å². The number of rotatable bonds is 1. The Kier molecular flexibility index (Phi) is 2.19. The summed E-state index contributed by atoms with van der Waals surface area (Å²) < 4.78 is 28.2. The first-order chi connectivity index (χ1) is 8.68. The maximum absolute atomic E-state index is 13.6. The number of halogens is 2. The summed E-state index contributed by atoms with van der Waals surface area (Å²) >= 11 is 0. The fraction of sp³-hybridized carbons (Fsp3) is 0. The van der Waals surface area contributed by atoms with Crippen molar-refractivity contribution in [1.82, 2.24) is 19.7 Å². The van der Waals surface area contributed by atoms with Gasteiger partial charge in [0.2, 0.25) is 0 Å². The van der Waals surface area contributed by atoms with Gasteiger partial charge in [-0.3, -0.25) is 4.79 Å². The van der Waals surface area contributed by atoms with Crippen LogP contribution in [0.2, 0.25) is 0 Å². The van der Waals surface area contributed by atoms with Crippen molar-refractivity contribution in [3.8, 4) is 5.69 Å². The predicted molar refractivity (Wildman–Crippen MR) is 59.4 cm³/mol. The average Bonchev–Trinajstić information content (AvgIpc) is 2.75. The van der Waals surface area contributed by atoms with Gasteiger partial charge in [0.05, 0.1) is 12.5 Å². The molecule has 0 aliphatic rings. The topological polar surface area (TPSA) is 63.6 Å². The Labute approximate surface area is 98.7 Å². The summed E-state index contributed by atoms with van der Waals surface area (Å²) in [5.41, 5.74) is -0.670. The maximum Gasteiger partial charge on any atom is 0.261 e. The second-order valence-electron chi connectivity index (χ2n) is 3.60. The lowest BCUT2D eigenvalue weighted by molar-refractivity contribution is 0.562. The number of H-pyrrole nitrogens is 1. The third kappa shape index (κ3) is 1.41. The van der Waals surface area contributed by atoms with Crippen LogP contribution in [-0.4, -0.2) is 19.7 Å². The zero-order chi connectivity index (χ0) is 12.7. The molecule has 0 unspecified atom stereocenters. The molecular weight excluding hydrogens is 242 g/mol. The molecule has 3 aromatic rings. The molecule has 0 aliphatic carbocycles. The molecule has 7 heteroatoms. The summed E-state index contributed by atoms with van der Waals surface area (Å²) in [6, 6.07) is 3.47. The lowest BCUT2D eigenvalue weighted by atomic mass is 10.3. The van der Waals surface area contributed by atoms with E-state index in [0.29, 0.717) is 0 Å². The minimum Gasteiger partial charge on any atom is -0.312 e. The molecule has 0 aliphatic heterocycles. The molecule has 1 N–H and O–H groups in total. The van der Waals surface area contributed by atoms with Crippen molar-refractivity contribution in [3.05, 3.63) is 52.7 Å². The molecule has 0 spiro atoms. The van der Waals surface area contributed by atoms with E-state index in [1.54, 1.807) is 0 Å². The molecule has 90 valence electrons. The fourth-order valence-electron chi connectivity index (χ4n) is 1.71. The summed E-state index contributed by atoms with van der Waals surface area (Å²) in [4.78, 5) is 17.7. The van der Waals surface area contributed by atoms with Gasteiger partial charge in [-0.05, 0) is 12.1 Å². The first-order valence-corrected chi connectivity index (χ1v) is 5.04. The van der Waals surface area contributed by atoms with Crippen LogP contribution in [0.1, 0.15) is 0 Å². The summed E-state index contributed by atoms with van der Waals surface area (Å²) in [7, 11) is 0. The number of nitrogens with zero attached hydrogens (tertiary/aromatic N) is 3. The van der Waals surface area contributed by atoms with Gasteiger partial charge in [-0.25, -0.2) is 18.4 Å². The van der Waals surface area contributed by atoms with E-state index in [-0.39, 0.29) is 16.7 Å². The number of para-hydroxylation sites is 1. The van der Waals surface area contributed by atoms with Crippen LogP contribution in [0, 0.1) is 11.6 Å². The summed E-state index contributed by atoms with van der Waals surface area (Å²) in [5.74, 6) is -1.55. The van der Waals surface area contributed by atoms with Gasteiger partial charge < -0.3 is 4.98 Å². The van der Waals surface area contributed by atoms with E-state index in [1.807, 2.05) is 0 Å². The second-order valence-corrected chi connectivity index (χ2v) is 3.60. The van der Waals surface area contributed by atoms with Gasteiger partial charge in [0.25, 0.3) is 5.56 Å². The normalized spacial score (nSPS) is 11.0. The van der Waals surface area contributed by atoms with E-state index in [9.17, 15) is 13.6 Å². The van der Waals surface area contributed by atoms with Gasteiger partial charge in [0, 0.05) is 0 Å². The lowest BCUT2D eigenvalue weighted by Gasteiger charge is -2.04. The van der Waals surface area contributed by atoms with Crippen LogP contribution in [0.3, 0.4) is 0 Å². The number of hydrogen-bond acceptors (Lipinski definition) is 3. The van der Waals surface area contributed by atoms with Gasteiger partial charge in [0.1, 0.15) is 11.1 Å². The Morgan fingerprint density at radius 2 is 1.94 bits per heavy atom. The van der Waals surface area contributed by atoms with Crippen molar-refractivity contribution in [2.24, 2.45) is 0 Å². The molecule has 0 radical (unpaired) electrons. The largest absolute Gasteiger partial charge is 0.312 e. The number of hydrogen-bond donors (Lipinski definition) is 1. The molecule has 0 saturated heterocycles. The molecule has 0 fully saturated rings. The second kappa shape index (κ2) is 3.73. The lowest BCUT2D eigenvalue weighted by Crippen LogP contribution is -2.08. The Morgan fingerprint density at radius 3 is 2.67 bits per heavy atom. The van der Waals surface area contributed by atoms with Crippen LogP contribution in [0.4, 0.5) is 8.78 Å². The van der Waals surface area contributed by atoms with E-state index in [4.69, 9.17) is 0 Å². The Bertz CT molecular complexity index is 773. The molecule has 3 rings (SSSR count). The molecule has 2 aromatic heterocycles. The van der Waals surface area contributed by atoms with Gasteiger partial charge in [-0.1, -0.05) is 6.07 Å². The van der Waals surface area contributed by atoms with E-state index in [0.717, 1.165) is 23.1 Å². The van der Waals surface area contributed by atoms with E-state index < -0.39 is 17.2 Å². The Morgan fingerprint density at radius 1 is 1.22 bits per heavy atom. The Hall–Kier alpha value is -2.57. The molecule has 0 bridgehead atoms. The van der Waals surface area contributed by atoms with Crippen LogP contribution in [0.15, 0.2) is 35.5 Å². The molecule has 18 heavy (non-hydrogen) atoms. The highest BCUT2D eigenvalue weighted by Crippen LogP contribution is 2.19. The van der Waals surface area contributed by atoms with Gasteiger partial charge in [0.15, 0.2) is 17.3 Å². The molecule has 0 amide bonds. The number of nitrogens with one attached hydrogen (secondary N) is 1. The highest BCUT2D eigenvalue weighted by molar-refractivity contribution is 5.74. The van der Waals surface area contributed by atoms with Crippen molar-refractivity contribution in [1.29, 1.82) is 0 Å². The predicted octanol–water partition coefficient (Wildman–Crippen LogP) is 1.39. The standard InChI is InChI=1S/C11H6F2N4O/c12-7-2-1-3-8(13)9(7)17-10-6(4-16-17)11(18)15-5-14-10/h1-5H,(H,14,15,18). The van der Waals surface area contributed by atoms with Crippen LogP contribution in [0.25, 0.3) is 16.7 Å². The average molecular weight is 248 g/mol. The SMILES string of the molecule is O=c1[nH]cnc2c1cnn2-c1c(F)cccc1F. The first-order valence-electron chi connectivity index (χ1n) is 5.04. The van der Waals surface area contributed by atoms with Gasteiger partial charge >= 0.3 is 0 Å². The van der Waals surface area contributed by atoms with Crippen molar-refractivity contribution < 1.29 is 8.78 Å². The maximum atomic E-state index is 13.6. The third-order valence-electron chi connectivity index (χ3n) is 2.52. The zero-order valence-corrected chi connectivity index (χ0v) is 8.89. The number of fused-ring (bicyclic) bond motifs is 1. The summed E-state index contributed by atoms with van der Waals surface area (Å²) in [6.07, 6.45) is 2.37. The van der Waals surface area contributed by atoms with E-state index in [2.05, 4.69) is 15.1 Å². The fourth-order valence-corrected chi connectivity index (χ4v) is 1.71.